The van der Waals surface area contributed by atoms with Crippen LogP contribution in [-0.4, -0.2) is 7.85 Å². The lowest BCUT2D eigenvalue weighted by Crippen LogP contribution is -2.04. The van der Waals surface area contributed by atoms with E-state index in [1.807, 2.05) is 7.85 Å². The van der Waals surface area contributed by atoms with E-state index in [0.29, 0.717) is 12.1 Å². The first-order valence-electron chi connectivity index (χ1n) is 3.01. The standard InChI is InChI=1S/C6H9BFN/c7-5-2-1-4(8)3-6(5)9/h3H,1-2,7,9H2. The molecule has 9 heavy (non-hydrogen) atoms. The van der Waals surface area contributed by atoms with E-state index in [4.69, 9.17) is 5.73 Å². The van der Waals surface area contributed by atoms with Crippen LogP contribution in [0, 0.1) is 0 Å². The highest BCUT2D eigenvalue weighted by atomic mass is 19.1. The molecule has 0 aromatic carbocycles. The molecule has 0 aromatic heterocycles. The van der Waals surface area contributed by atoms with Crippen LogP contribution in [-0.2, 0) is 0 Å². The SMILES string of the molecule is BC1=C(N)C=C(F)CC1. The fourth-order valence-corrected chi connectivity index (χ4v) is 0.815. The Morgan fingerprint density at radius 1 is 1.56 bits per heavy atom. The molecule has 1 aliphatic carbocycles. The average Bonchev–Trinajstić information content (AvgIpc) is 1.80. The summed E-state index contributed by atoms with van der Waals surface area (Å²) in [6, 6.07) is 0. The minimum absolute atomic E-state index is 0.0990. The molecule has 0 atom stereocenters. The maximum absolute atomic E-state index is 12.4. The second kappa shape index (κ2) is 2.25. The molecule has 0 aromatic rings. The highest BCUT2D eigenvalue weighted by Gasteiger charge is 2.05. The van der Waals surface area contributed by atoms with Gasteiger partial charge in [-0.3, -0.25) is 0 Å². The molecule has 0 amide bonds. The van der Waals surface area contributed by atoms with Gasteiger partial charge in [-0.15, -0.1) is 0 Å². The van der Waals surface area contributed by atoms with Gasteiger partial charge in [0.1, 0.15) is 13.7 Å². The van der Waals surface area contributed by atoms with Crippen LogP contribution in [0.1, 0.15) is 12.8 Å². The Bertz CT molecular complexity index is 183. The van der Waals surface area contributed by atoms with E-state index in [2.05, 4.69) is 0 Å². The van der Waals surface area contributed by atoms with E-state index < -0.39 is 0 Å². The fraction of sp³-hybridized carbons (Fsp3) is 0.333. The topological polar surface area (TPSA) is 26.0 Å². The van der Waals surface area contributed by atoms with E-state index in [1.165, 1.54) is 6.08 Å². The lowest BCUT2D eigenvalue weighted by molar-refractivity contribution is 0.582. The Hall–Kier alpha value is -0.725. The maximum Gasteiger partial charge on any atom is 0.136 e. The van der Waals surface area contributed by atoms with E-state index in [1.54, 1.807) is 0 Å². The third kappa shape index (κ3) is 1.34. The summed E-state index contributed by atoms with van der Waals surface area (Å²) in [6.07, 6.45) is 2.69. The summed E-state index contributed by atoms with van der Waals surface area (Å²) in [5.74, 6) is -0.0990. The van der Waals surface area contributed by atoms with Gasteiger partial charge in [0.2, 0.25) is 0 Å². The zero-order valence-electron chi connectivity index (χ0n) is 5.45. The van der Waals surface area contributed by atoms with Gasteiger partial charge in [0.15, 0.2) is 0 Å². The first-order valence-corrected chi connectivity index (χ1v) is 3.01. The zero-order chi connectivity index (χ0) is 6.85. The zero-order valence-corrected chi connectivity index (χ0v) is 5.45. The van der Waals surface area contributed by atoms with Gasteiger partial charge in [-0.05, 0) is 12.5 Å². The van der Waals surface area contributed by atoms with Crippen molar-refractivity contribution in [1.82, 2.24) is 0 Å². The number of hydrogen-bond donors (Lipinski definition) is 1. The molecule has 0 bridgehead atoms. The predicted octanol–water partition coefficient (Wildman–Crippen LogP) is 0.437. The Balaban J connectivity index is 2.83. The molecule has 1 nitrogen and oxygen atoms in total. The third-order valence-electron chi connectivity index (χ3n) is 1.54. The van der Waals surface area contributed by atoms with E-state index in [0.717, 1.165) is 11.9 Å². The fourth-order valence-electron chi connectivity index (χ4n) is 0.815. The molecular weight excluding hydrogens is 116 g/mol. The van der Waals surface area contributed by atoms with Crippen molar-refractivity contribution in [3.63, 3.8) is 0 Å². The molecule has 0 fully saturated rings. The predicted molar refractivity (Wildman–Crippen MR) is 38.2 cm³/mol. The highest BCUT2D eigenvalue weighted by molar-refractivity contribution is 6.22. The van der Waals surface area contributed by atoms with Gasteiger partial charge in [0, 0.05) is 12.1 Å². The molecule has 0 unspecified atom stereocenters. The first-order chi connectivity index (χ1) is 4.20. The van der Waals surface area contributed by atoms with E-state index in [-0.39, 0.29) is 5.83 Å². The van der Waals surface area contributed by atoms with Gasteiger partial charge in [0.25, 0.3) is 0 Å². The van der Waals surface area contributed by atoms with Crippen molar-refractivity contribution in [2.45, 2.75) is 12.8 Å². The Kier molecular flexibility index (Phi) is 1.60. The first kappa shape index (κ1) is 6.40. The minimum atomic E-state index is -0.0990. The van der Waals surface area contributed by atoms with Crippen molar-refractivity contribution in [3.05, 3.63) is 23.1 Å². The van der Waals surface area contributed by atoms with Gasteiger partial charge in [-0.1, -0.05) is 5.47 Å². The van der Waals surface area contributed by atoms with Gasteiger partial charge in [-0.25, -0.2) is 4.39 Å². The molecular formula is C6H9BFN. The van der Waals surface area contributed by atoms with Crippen LogP contribution in [0.4, 0.5) is 4.39 Å². The summed E-state index contributed by atoms with van der Waals surface area (Å²) < 4.78 is 12.4. The van der Waals surface area contributed by atoms with Crippen LogP contribution in [0.2, 0.25) is 0 Å². The summed E-state index contributed by atoms with van der Waals surface area (Å²) in [5.41, 5.74) is 7.12. The molecule has 3 heteroatoms. The number of allylic oxidation sites excluding steroid dienone is 3. The number of rotatable bonds is 0. The molecule has 0 aliphatic heterocycles. The number of nitrogens with two attached hydrogens (primary N) is 1. The molecule has 2 N–H and O–H groups in total. The normalized spacial score (nSPS) is 19.9. The maximum atomic E-state index is 12.4. The molecule has 1 rings (SSSR count). The van der Waals surface area contributed by atoms with E-state index in [9.17, 15) is 4.39 Å². The van der Waals surface area contributed by atoms with Crippen molar-refractivity contribution in [1.29, 1.82) is 0 Å². The molecule has 0 spiro atoms. The van der Waals surface area contributed by atoms with Crippen LogP contribution in [0.25, 0.3) is 0 Å². The number of hydrogen-bond acceptors (Lipinski definition) is 1. The Morgan fingerprint density at radius 2 is 2.22 bits per heavy atom. The van der Waals surface area contributed by atoms with Crippen LogP contribution < -0.4 is 5.73 Å². The van der Waals surface area contributed by atoms with Crippen LogP contribution >= 0.6 is 0 Å². The van der Waals surface area contributed by atoms with Crippen molar-refractivity contribution in [2.24, 2.45) is 5.73 Å². The molecule has 0 radical (unpaired) electrons. The second-order valence-corrected chi connectivity index (χ2v) is 2.33. The summed E-state index contributed by atoms with van der Waals surface area (Å²) in [7, 11) is 1.93. The van der Waals surface area contributed by atoms with Gasteiger partial charge >= 0.3 is 0 Å². The van der Waals surface area contributed by atoms with Crippen molar-refractivity contribution in [3.8, 4) is 0 Å². The average molecular weight is 125 g/mol. The summed E-state index contributed by atoms with van der Waals surface area (Å²) in [4.78, 5) is 0. The van der Waals surface area contributed by atoms with Crippen LogP contribution in [0.5, 0.6) is 0 Å². The molecule has 48 valence electrons. The van der Waals surface area contributed by atoms with Crippen LogP contribution in [0.3, 0.4) is 0 Å². The highest BCUT2D eigenvalue weighted by Crippen LogP contribution is 2.19. The number of halogens is 1. The minimum Gasteiger partial charge on any atom is -0.399 e. The van der Waals surface area contributed by atoms with Crippen LogP contribution in [0.15, 0.2) is 23.1 Å². The molecule has 0 saturated carbocycles. The summed E-state index contributed by atoms with van der Waals surface area (Å²) in [6.45, 7) is 0. The van der Waals surface area contributed by atoms with E-state index >= 15 is 0 Å². The summed E-state index contributed by atoms with van der Waals surface area (Å²) >= 11 is 0. The van der Waals surface area contributed by atoms with Gasteiger partial charge < -0.3 is 5.73 Å². The molecule has 1 aliphatic rings. The van der Waals surface area contributed by atoms with Gasteiger partial charge in [0.05, 0.1) is 0 Å². The van der Waals surface area contributed by atoms with Crippen molar-refractivity contribution >= 4 is 7.85 Å². The third-order valence-corrected chi connectivity index (χ3v) is 1.54. The Morgan fingerprint density at radius 3 is 2.67 bits per heavy atom. The monoisotopic (exact) mass is 125 g/mol. The summed E-state index contributed by atoms with van der Waals surface area (Å²) in [5, 5.41) is 0. The quantitative estimate of drug-likeness (QED) is 0.467. The lowest BCUT2D eigenvalue weighted by atomic mass is 9.86. The largest absolute Gasteiger partial charge is 0.399 e. The smallest absolute Gasteiger partial charge is 0.136 e. The Labute approximate surface area is 54.8 Å². The molecule has 0 saturated heterocycles. The second-order valence-electron chi connectivity index (χ2n) is 2.33. The van der Waals surface area contributed by atoms with Gasteiger partial charge in [-0.2, -0.15) is 0 Å². The van der Waals surface area contributed by atoms with Crippen molar-refractivity contribution < 1.29 is 4.39 Å². The lowest BCUT2D eigenvalue weighted by Gasteiger charge is -2.08. The van der Waals surface area contributed by atoms with Crippen molar-refractivity contribution in [2.75, 3.05) is 0 Å². The molecule has 0 heterocycles.